The molecule has 1 atom stereocenters. The number of morpholine rings is 1. The van der Waals surface area contributed by atoms with Gasteiger partial charge in [-0.2, -0.15) is 5.26 Å². The zero-order valence-electron chi connectivity index (χ0n) is 17.3. The summed E-state index contributed by atoms with van der Waals surface area (Å²) < 4.78 is 11.2. The Morgan fingerprint density at radius 3 is 2.83 bits per heavy atom. The molecule has 160 valence electrons. The summed E-state index contributed by atoms with van der Waals surface area (Å²) in [4.78, 5) is 29.4. The third kappa shape index (κ3) is 4.48. The van der Waals surface area contributed by atoms with E-state index >= 15 is 0 Å². The lowest BCUT2D eigenvalue weighted by atomic mass is 9.89. The summed E-state index contributed by atoms with van der Waals surface area (Å²) in [6, 6.07) is 8.53. The molecule has 0 bridgehead atoms. The Balaban J connectivity index is 1.37. The van der Waals surface area contributed by atoms with E-state index in [0.717, 1.165) is 6.54 Å². The molecule has 8 heteroatoms. The van der Waals surface area contributed by atoms with Crippen molar-refractivity contribution >= 4 is 11.8 Å². The average Bonchev–Trinajstić information content (AvgIpc) is 3.55. The standard InChI is InChI=1S/C22H28N4O4/c1-29-8-7-24-20(27)19-12-30-22(13-25(19)11-16-5-6-16)14-26(15-22)21(28)18-4-2-3-17(9-18)10-23/h2-4,9,16,19H,5-8,11-15H2,1H3,(H,24,27)/t19-/m1/s1. The second-order valence-electron chi connectivity index (χ2n) is 8.52. The topological polar surface area (TPSA) is 94.9 Å². The van der Waals surface area contributed by atoms with Crippen LogP contribution in [0, 0.1) is 17.2 Å². The van der Waals surface area contributed by atoms with Crippen LogP contribution in [-0.2, 0) is 14.3 Å². The van der Waals surface area contributed by atoms with Crippen LogP contribution in [-0.4, -0.2) is 86.3 Å². The van der Waals surface area contributed by atoms with Crippen LogP contribution < -0.4 is 5.32 Å². The predicted molar refractivity (Wildman–Crippen MR) is 109 cm³/mol. The number of amides is 2. The third-order valence-corrected chi connectivity index (χ3v) is 6.06. The second-order valence-corrected chi connectivity index (χ2v) is 8.52. The van der Waals surface area contributed by atoms with Crippen LogP contribution in [0.25, 0.3) is 0 Å². The maximum absolute atomic E-state index is 12.8. The highest BCUT2D eigenvalue weighted by Gasteiger charge is 2.52. The van der Waals surface area contributed by atoms with Crippen LogP contribution >= 0.6 is 0 Å². The Hall–Kier alpha value is -2.47. The summed E-state index contributed by atoms with van der Waals surface area (Å²) in [7, 11) is 1.61. The molecule has 0 aromatic heterocycles. The quantitative estimate of drug-likeness (QED) is 0.660. The van der Waals surface area contributed by atoms with E-state index in [2.05, 4.69) is 16.3 Å². The minimum atomic E-state index is -0.416. The lowest BCUT2D eigenvalue weighted by Gasteiger charge is -2.55. The van der Waals surface area contributed by atoms with Gasteiger partial charge < -0.3 is 19.7 Å². The molecule has 1 aliphatic carbocycles. The van der Waals surface area contributed by atoms with E-state index in [1.165, 1.54) is 12.8 Å². The summed E-state index contributed by atoms with van der Waals surface area (Å²) in [6.45, 7) is 3.84. The van der Waals surface area contributed by atoms with Gasteiger partial charge in [0.15, 0.2) is 0 Å². The zero-order valence-corrected chi connectivity index (χ0v) is 17.3. The molecular weight excluding hydrogens is 384 g/mol. The van der Waals surface area contributed by atoms with Crippen molar-refractivity contribution in [3.05, 3.63) is 35.4 Å². The molecule has 0 radical (unpaired) electrons. The van der Waals surface area contributed by atoms with Gasteiger partial charge in [-0.15, -0.1) is 0 Å². The van der Waals surface area contributed by atoms with Gasteiger partial charge in [0.05, 0.1) is 37.9 Å². The first-order valence-electron chi connectivity index (χ1n) is 10.5. The van der Waals surface area contributed by atoms with Crippen molar-refractivity contribution in [3.63, 3.8) is 0 Å². The number of nitrogens with zero attached hydrogens (tertiary/aromatic N) is 3. The summed E-state index contributed by atoms with van der Waals surface area (Å²) in [5.74, 6) is 0.540. The number of hydrogen-bond acceptors (Lipinski definition) is 6. The molecule has 1 saturated carbocycles. The fraction of sp³-hybridized carbons (Fsp3) is 0.591. The highest BCUT2D eigenvalue weighted by Crippen LogP contribution is 2.36. The van der Waals surface area contributed by atoms with E-state index in [1.54, 1.807) is 36.3 Å². The summed E-state index contributed by atoms with van der Waals surface area (Å²) in [5, 5.41) is 12.0. The van der Waals surface area contributed by atoms with Crippen molar-refractivity contribution in [1.29, 1.82) is 5.26 Å². The normalized spacial score (nSPS) is 22.9. The molecule has 30 heavy (non-hydrogen) atoms. The molecule has 1 aromatic rings. The van der Waals surface area contributed by atoms with Gasteiger partial charge in [-0.25, -0.2) is 0 Å². The van der Waals surface area contributed by atoms with E-state index in [1.807, 2.05) is 0 Å². The van der Waals surface area contributed by atoms with Gasteiger partial charge in [0.2, 0.25) is 5.91 Å². The minimum Gasteiger partial charge on any atom is -0.383 e. The first-order valence-corrected chi connectivity index (χ1v) is 10.5. The fourth-order valence-corrected chi connectivity index (χ4v) is 4.24. The summed E-state index contributed by atoms with van der Waals surface area (Å²) >= 11 is 0. The van der Waals surface area contributed by atoms with Crippen LogP contribution in [0.2, 0.25) is 0 Å². The van der Waals surface area contributed by atoms with E-state index in [0.29, 0.717) is 56.4 Å². The number of nitriles is 1. The molecule has 2 aliphatic heterocycles. The average molecular weight is 412 g/mol. The number of methoxy groups -OCH3 is 1. The lowest BCUT2D eigenvalue weighted by Crippen LogP contribution is -2.73. The monoisotopic (exact) mass is 412 g/mol. The number of nitrogens with one attached hydrogen (secondary N) is 1. The van der Waals surface area contributed by atoms with Crippen LogP contribution in [0.3, 0.4) is 0 Å². The SMILES string of the molecule is COCCNC(=O)[C@H]1COC2(CN(C(=O)c3cccc(C#N)c3)C2)CN1CC1CC1. The van der Waals surface area contributed by atoms with Crippen molar-refractivity contribution in [1.82, 2.24) is 15.1 Å². The van der Waals surface area contributed by atoms with Gasteiger partial charge in [-0.1, -0.05) is 6.07 Å². The Kier molecular flexibility index (Phi) is 6.04. The van der Waals surface area contributed by atoms with E-state index in [9.17, 15) is 9.59 Å². The summed E-state index contributed by atoms with van der Waals surface area (Å²) in [6.07, 6.45) is 2.42. The van der Waals surface area contributed by atoms with Crippen molar-refractivity contribution < 1.29 is 19.1 Å². The van der Waals surface area contributed by atoms with Gasteiger partial charge in [0.25, 0.3) is 5.91 Å². The smallest absolute Gasteiger partial charge is 0.254 e. The van der Waals surface area contributed by atoms with Crippen LogP contribution in [0.1, 0.15) is 28.8 Å². The van der Waals surface area contributed by atoms with Crippen LogP contribution in [0.4, 0.5) is 0 Å². The fourth-order valence-electron chi connectivity index (χ4n) is 4.24. The molecule has 3 fully saturated rings. The first-order chi connectivity index (χ1) is 14.5. The maximum atomic E-state index is 12.8. The largest absolute Gasteiger partial charge is 0.383 e. The van der Waals surface area contributed by atoms with Crippen LogP contribution in [0.15, 0.2) is 24.3 Å². The second kappa shape index (κ2) is 8.72. The Morgan fingerprint density at radius 2 is 2.13 bits per heavy atom. The molecule has 1 N–H and O–H groups in total. The van der Waals surface area contributed by atoms with Crippen LogP contribution in [0.5, 0.6) is 0 Å². The predicted octanol–water partition coefficient (Wildman–Crippen LogP) is 0.626. The number of likely N-dealkylation sites (tertiary alicyclic amines) is 1. The number of benzene rings is 1. The lowest BCUT2D eigenvalue weighted by molar-refractivity contribution is -0.192. The number of rotatable bonds is 7. The Morgan fingerprint density at radius 1 is 1.33 bits per heavy atom. The van der Waals surface area contributed by atoms with E-state index < -0.39 is 5.60 Å². The van der Waals surface area contributed by atoms with Gasteiger partial charge in [-0.3, -0.25) is 14.5 Å². The maximum Gasteiger partial charge on any atom is 0.254 e. The molecular formula is C22H28N4O4. The van der Waals surface area contributed by atoms with Gasteiger partial charge >= 0.3 is 0 Å². The number of hydrogen-bond donors (Lipinski definition) is 1. The number of ether oxygens (including phenoxy) is 2. The van der Waals surface area contributed by atoms with E-state index in [4.69, 9.17) is 14.7 Å². The van der Waals surface area contributed by atoms with Gasteiger partial charge in [0, 0.05) is 32.3 Å². The van der Waals surface area contributed by atoms with Crippen molar-refractivity contribution in [2.24, 2.45) is 5.92 Å². The Bertz CT molecular complexity index is 842. The van der Waals surface area contributed by atoms with Gasteiger partial charge in [-0.05, 0) is 37.0 Å². The molecule has 1 aromatic carbocycles. The number of carbonyl (C=O) groups excluding carboxylic acids is 2. The molecule has 2 saturated heterocycles. The van der Waals surface area contributed by atoms with Crippen molar-refractivity contribution in [3.8, 4) is 6.07 Å². The summed E-state index contributed by atoms with van der Waals surface area (Å²) in [5.41, 5.74) is 0.577. The van der Waals surface area contributed by atoms with Crippen molar-refractivity contribution in [2.45, 2.75) is 24.5 Å². The van der Waals surface area contributed by atoms with Gasteiger partial charge in [0.1, 0.15) is 11.6 Å². The first kappa shape index (κ1) is 20.8. The zero-order chi connectivity index (χ0) is 21.1. The molecule has 8 nitrogen and oxygen atoms in total. The minimum absolute atomic E-state index is 0.0249. The molecule has 2 amide bonds. The molecule has 0 unspecified atom stereocenters. The molecule has 1 spiro atoms. The molecule has 4 rings (SSSR count). The molecule has 3 aliphatic rings. The highest BCUT2D eigenvalue weighted by atomic mass is 16.5. The Labute approximate surface area is 176 Å². The third-order valence-electron chi connectivity index (χ3n) is 6.06. The molecule has 2 heterocycles. The van der Waals surface area contributed by atoms with E-state index in [-0.39, 0.29) is 17.9 Å². The van der Waals surface area contributed by atoms with Crippen molar-refractivity contribution in [2.75, 3.05) is 53.0 Å². The highest BCUT2D eigenvalue weighted by molar-refractivity contribution is 5.95. The number of carbonyl (C=O) groups is 2.